The minimum absolute atomic E-state index is 0. The average Bonchev–Trinajstić information content (AvgIpc) is 2.54. The molecule has 0 aromatic rings. The van der Waals surface area contributed by atoms with Gasteiger partial charge in [0.05, 0.1) is 12.5 Å². The van der Waals surface area contributed by atoms with E-state index < -0.39 is 12.8 Å². The first-order chi connectivity index (χ1) is 11.4. The Balaban J connectivity index is 0.00000576. The highest BCUT2D eigenvalue weighted by molar-refractivity contribution is 14.0. The molecule has 6 nitrogen and oxygen atoms in total. The summed E-state index contributed by atoms with van der Waals surface area (Å²) >= 11 is 0. The number of hydrogen-bond donors (Lipinski definition) is 1. The quantitative estimate of drug-likeness (QED) is 0.199. The number of hydrogen-bond acceptors (Lipinski definition) is 4. The highest BCUT2D eigenvalue weighted by Crippen LogP contribution is 2.18. The van der Waals surface area contributed by atoms with E-state index in [9.17, 15) is 18.0 Å². The van der Waals surface area contributed by atoms with E-state index in [0.29, 0.717) is 51.5 Å². The Kier molecular flexibility index (Phi) is 12.2. The highest BCUT2D eigenvalue weighted by atomic mass is 127. The SMILES string of the molecule is CCOC(=O)C1CCN(C(=NC)NCCCOCC(F)(F)F)CC1.I. The number of aliphatic imine (C=N–C) groups is 1. The Bertz CT molecular complexity index is 415. The Labute approximate surface area is 163 Å². The van der Waals surface area contributed by atoms with E-state index in [1.807, 2.05) is 4.90 Å². The summed E-state index contributed by atoms with van der Waals surface area (Å²) < 4.78 is 45.4. The van der Waals surface area contributed by atoms with Gasteiger partial charge in [0.2, 0.25) is 0 Å². The van der Waals surface area contributed by atoms with Crippen molar-refractivity contribution in [1.29, 1.82) is 0 Å². The summed E-state index contributed by atoms with van der Waals surface area (Å²) in [7, 11) is 1.65. The van der Waals surface area contributed by atoms with Crippen molar-refractivity contribution in [3.05, 3.63) is 0 Å². The number of carbonyl (C=O) groups is 1. The molecule has 1 heterocycles. The maximum absolute atomic E-state index is 11.9. The van der Waals surface area contributed by atoms with E-state index in [2.05, 4.69) is 15.0 Å². The van der Waals surface area contributed by atoms with Crippen LogP contribution in [0.5, 0.6) is 0 Å². The van der Waals surface area contributed by atoms with E-state index in [4.69, 9.17) is 4.74 Å². The second-order valence-corrected chi connectivity index (χ2v) is 5.51. The number of ether oxygens (including phenoxy) is 2. The van der Waals surface area contributed by atoms with Crippen LogP contribution in [0.1, 0.15) is 26.2 Å². The molecule has 148 valence electrons. The number of rotatable bonds is 7. The van der Waals surface area contributed by atoms with Gasteiger partial charge in [-0.1, -0.05) is 0 Å². The van der Waals surface area contributed by atoms with Crippen molar-refractivity contribution in [2.24, 2.45) is 10.9 Å². The number of nitrogens with one attached hydrogen (secondary N) is 1. The summed E-state index contributed by atoms with van der Waals surface area (Å²) in [4.78, 5) is 17.9. The molecule has 0 bridgehead atoms. The molecule has 1 N–H and O–H groups in total. The van der Waals surface area contributed by atoms with Crippen LogP contribution in [0.4, 0.5) is 13.2 Å². The summed E-state index contributed by atoms with van der Waals surface area (Å²) in [5.74, 6) is 0.463. The third-order valence-electron chi connectivity index (χ3n) is 3.64. The lowest BCUT2D eigenvalue weighted by atomic mass is 9.97. The smallest absolute Gasteiger partial charge is 0.411 e. The van der Waals surface area contributed by atoms with Crippen LogP contribution in [0.15, 0.2) is 4.99 Å². The fourth-order valence-electron chi connectivity index (χ4n) is 2.48. The zero-order valence-corrected chi connectivity index (χ0v) is 16.9. The fourth-order valence-corrected chi connectivity index (χ4v) is 2.48. The second kappa shape index (κ2) is 12.6. The van der Waals surface area contributed by atoms with E-state index >= 15 is 0 Å². The van der Waals surface area contributed by atoms with E-state index in [-0.39, 0.29) is 42.5 Å². The van der Waals surface area contributed by atoms with Crippen LogP contribution < -0.4 is 5.32 Å². The van der Waals surface area contributed by atoms with Gasteiger partial charge < -0.3 is 19.7 Å². The zero-order chi connectivity index (χ0) is 18.0. The van der Waals surface area contributed by atoms with Crippen molar-refractivity contribution >= 4 is 35.9 Å². The largest absolute Gasteiger partial charge is 0.466 e. The van der Waals surface area contributed by atoms with Gasteiger partial charge in [-0.15, -0.1) is 24.0 Å². The van der Waals surface area contributed by atoms with Crippen LogP contribution in [0.25, 0.3) is 0 Å². The first-order valence-corrected chi connectivity index (χ1v) is 8.14. The third kappa shape index (κ3) is 10.1. The molecule has 0 aromatic carbocycles. The molecule has 0 amide bonds. The van der Waals surface area contributed by atoms with Crippen LogP contribution in [0.2, 0.25) is 0 Å². The van der Waals surface area contributed by atoms with Gasteiger partial charge in [-0.25, -0.2) is 0 Å². The first kappa shape index (κ1) is 24.2. The summed E-state index contributed by atoms with van der Waals surface area (Å²) in [6.45, 7) is 2.84. The molecule has 1 aliphatic rings. The second-order valence-electron chi connectivity index (χ2n) is 5.51. The molecule has 1 saturated heterocycles. The lowest BCUT2D eigenvalue weighted by molar-refractivity contribution is -0.173. The molecule has 1 fully saturated rings. The number of halogens is 4. The van der Waals surface area contributed by atoms with Crippen LogP contribution in [-0.4, -0.2) is 69.5 Å². The number of esters is 1. The number of alkyl halides is 3. The van der Waals surface area contributed by atoms with Gasteiger partial charge in [0.25, 0.3) is 0 Å². The van der Waals surface area contributed by atoms with Crippen molar-refractivity contribution in [2.75, 3.05) is 46.5 Å². The van der Waals surface area contributed by atoms with E-state index in [1.54, 1.807) is 14.0 Å². The van der Waals surface area contributed by atoms with Crippen LogP contribution in [0, 0.1) is 5.92 Å². The number of guanidine groups is 1. The topological polar surface area (TPSA) is 63.2 Å². The summed E-state index contributed by atoms with van der Waals surface area (Å²) in [6.07, 6.45) is -2.43. The normalized spacial score (nSPS) is 16.4. The van der Waals surface area contributed by atoms with Gasteiger partial charge in [0.15, 0.2) is 5.96 Å². The Morgan fingerprint density at radius 1 is 1.32 bits per heavy atom. The molecule has 0 atom stereocenters. The maximum atomic E-state index is 11.9. The predicted molar refractivity (Wildman–Crippen MR) is 99.2 cm³/mol. The third-order valence-corrected chi connectivity index (χ3v) is 3.64. The minimum atomic E-state index is -4.28. The van der Waals surface area contributed by atoms with Crippen LogP contribution in [0.3, 0.4) is 0 Å². The summed E-state index contributed by atoms with van der Waals surface area (Å²) in [5, 5.41) is 3.10. The van der Waals surface area contributed by atoms with Gasteiger partial charge in [-0.2, -0.15) is 13.2 Å². The molecule has 1 aliphatic heterocycles. The number of piperidine rings is 1. The van der Waals surface area contributed by atoms with Gasteiger partial charge in [-0.05, 0) is 26.2 Å². The minimum Gasteiger partial charge on any atom is -0.466 e. The zero-order valence-electron chi connectivity index (χ0n) is 14.6. The predicted octanol–water partition coefficient (Wildman–Crippen LogP) is 2.42. The van der Waals surface area contributed by atoms with Crippen LogP contribution >= 0.6 is 24.0 Å². The Hall–Kier alpha value is -0.780. The molecule has 0 unspecified atom stereocenters. The molecule has 1 rings (SSSR count). The number of carbonyl (C=O) groups excluding carboxylic acids is 1. The van der Waals surface area contributed by atoms with Crippen molar-refractivity contribution in [2.45, 2.75) is 32.4 Å². The van der Waals surface area contributed by atoms with Gasteiger partial charge in [-0.3, -0.25) is 9.79 Å². The molecule has 0 saturated carbocycles. The standard InChI is InChI=1S/C15H26F3N3O3.HI/c1-3-24-13(22)12-5-8-21(9-6-12)14(19-2)20-7-4-10-23-11-15(16,17)18;/h12H,3-11H2,1-2H3,(H,19,20);1H. The maximum Gasteiger partial charge on any atom is 0.411 e. The molecular formula is C15H27F3IN3O3. The Morgan fingerprint density at radius 3 is 2.48 bits per heavy atom. The highest BCUT2D eigenvalue weighted by Gasteiger charge is 2.28. The van der Waals surface area contributed by atoms with Gasteiger partial charge in [0, 0.05) is 33.3 Å². The fraction of sp³-hybridized carbons (Fsp3) is 0.867. The average molecular weight is 481 g/mol. The monoisotopic (exact) mass is 481 g/mol. The van der Waals surface area contributed by atoms with Crippen molar-refractivity contribution in [1.82, 2.24) is 10.2 Å². The van der Waals surface area contributed by atoms with Gasteiger partial charge >= 0.3 is 12.1 Å². The Morgan fingerprint density at radius 2 is 1.96 bits per heavy atom. The summed E-state index contributed by atoms with van der Waals surface area (Å²) in [6, 6.07) is 0. The molecular weight excluding hydrogens is 454 g/mol. The molecule has 25 heavy (non-hydrogen) atoms. The van der Waals surface area contributed by atoms with E-state index in [0.717, 1.165) is 0 Å². The van der Waals surface area contributed by atoms with Gasteiger partial charge in [0.1, 0.15) is 6.61 Å². The molecule has 0 aromatic heterocycles. The molecule has 0 aliphatic carbocycles. The van der Waals surface area contributed by atoms with Crippen molar-refractivity contribution < 1.29 is 27.4 Å². The van der Waals surface area contributed by atoms with Crippen molar-refractivity contribution in [3.8, 4) is 0 Å². The lowest BCUT2D eigenvalue weighted by Gasteiger charge is -2.33. The molecule has 10 heteroatoms. The summed E-state index contributed by atoms with van der Waals surface area (Å²) in [5.41, 5.74) is 0. The van der Waals surface area contributed by atoms with Crippen molar-refractivity contribution in [3.63, 3.8) is 0 Å². The molecule has 0 radical (unpaired) electrons. The van der Waals surface area contributed by atoms with Crippen LogP contribution in [-0.2, 0) is 14.3 Å². The lowest BCUT2D eigenvalue weighted by Crippen LogP contribution is -2.47. The number of likely N-dealkylation sites (tertiary alicyclic amines) is 1. The van der Waals surface area contributed by atoms with E-state index in [1.165, 1.54) is 0 Å². The first-order valence-electron chi connectivity index (χ1n) is 8.14. The molecule has 0 spiro atoms. The number of nitrogens with zero attached hydrogens (tertiary/aromatic N) is 2.